The first-order valence-electron chi connectivity index (χ1n) is 14.3. The maximum absolute atomic E-state index is 8.23. The van der Waals surface area contributed by atoms with Crippen LogP contribution in [0.2, 0.25) is 0 Å². The van der Waals surface area contributed by atoms with E-state index in [9.17, 15) is 0 Å². The summed E-state index contributed by atoms with van der Waals surface area (Å²) in [4.78, 5) is 8.64. The Balaban J connectivity index is 0.000000247. The molecular formula is C32H28IrN2-2. The van der Waals surface area contributed by atoms with E-state index in [2.05, 4.69) is 22.1 Å². The number of aryl methyl sites for hydroxylation is 2. The van der Waals surface area contributed by atoms with Gasteiger partial charge in [-0.2, -0.15) is 0 Å². The van der Waals surface area contributed by atoms with Crippen LogP contribution in [0.1, 0.15) is 34.5 Å². The number of aromatic nitrogens is 2. The monoisotopic (exact) mass is 640 g/mol. The molecule has 0 aliphatic carbocycles. The van der Waals surface area contributed by atoms with Crippen LogP contribution in [-0.4, -0.2) is 9.97 Å². The largest absolute Gasteiger partial charge is 0.304 e. The molecule has 0 atom stereocenters. The molecule has 0 saturated heterocycles. The molecule has 0 fully saturated rings. The van der Waals surface area contributed by atoms with Gasteiger partial charge in [-0.3, -0.25) is 0 Å². The van der Waals surface area contributed by atoms with Crippen molar-refractivity contribution in [2.45, 2.75) is 26.5 Å². The van der Waals surface area contributed by atoms with Crippen LogP contribution in [0, 0.1) is 12.1 Å². The molecule has 0 aliphatic heterocycles. The van der Waals surface area contributed by atoms with E-state index in [1.807, 2.05) is 72.8 Å². The first-order valence-corrected chi connectivity index (χ1v) is 10.8. The summed E-state index contributed by atoms with van der Waals surface area (Å²) < 4.78 is 54.5. The summed E-state index contributed by atoms with van der Waals surface area (Å²) in [5, 5.41) is 0. The van der Waals surface area contributed by atoms with E-state index in [0.717, 1.165) is 16.8 Å². The van der Waals surface area contributed by atoms with Gasteiger partial charge in [0.15, 0.2) is 0 Å². The Bertz CT molecular complexity index is 1550. The fourth-order valence-electron chi connectivity index (χ4n) is 3.36. The molecule has 0 saturated carbocycles. The van der Waals surface area contributed by atoms with E-state index in [0.29, 0.717) is 22.4 Å². The van der Waals surface area contributed by atoms with E-state index in [1.165, 1.54) is 19.2 Å². The Morgan fingerprint density at radius 2 is 1.40 bits per heavy atom. The molecule has 0 bridgehead atoms. The summed E-state index contributed by atoms with van der Waals surface area (Å²) in [6.45, 7) is -1.27. The number of hydrogen-bond donors (Lipinski definition) is 0. The van der Waals surface area contributed by atoms with Gasteiger partial charge in [0.1, 0.15) is 0 Å². The van der Waals surface area contributed by atoms with Crippen LogP contribution >= 0.6 is 0 Å². The van der Waals surface area contributed by atoms with Crippen LogP contribution in [-0.2, 0) is 32.9 Å². The topological polar surface area (TPSA) is 25.8 Å². The molecule has 2 nitrogen and oxygen atoms in total. The van der Waals surface area contributed by atoms with Crippen LogP contribution in [0.25, 0.3) is 33.6 Å². The summed E-state index contributed by atoms with van der Waals surface area (Å²) in [7, 11) is 0. The molecule has 0 amide bonds. The van der Waals surface area contributed by atoms with Crippen molar-refractivity contribution in [2.75, 3.05) is 0 Å². The minimum Gasteiger partial charge on any atom is -0.304 e. The van der Waals surface area contributed by atoms with Gasteiger partial charge in [0, 0.05) is 47.7 Å². The molecule has 177 valence electrons. The van der Waals surface area contributed by atoms with E-state index < -0.39 is 19.6 Å². The van der Waals surface area contributed by atoms with Crippen LogP contribution in [0.4, 0.5) is 0 Å². The third-order valence-corrected chi connectivity index (χ3v) is 5.15. The second-order valence-electron chi connectivity index (χ2n) is 7.34. The average molecular weight is 640 g/mol. The zero-order valence-electron chi connectivity index (χ0n) is 26.1. The van der Waals surface area contributed by atoms with Gasteiger partial charge >= 0.3 is 0 Å². The van der Waals surface area contributed by atoms with Crippen molar-refractivity contribution in [3.63, 3.8) is 0 Å². The second kappa shape index (κ2) is 13.5. The third kappa shape index (κ3) is 7.05. The van der Waals surface area contributed by atoms with Gasteiger partial charge in [-0.1, -0.05) is 62.3 Å². The number of pyridine rings is 2. The number of rotatable bonds is 5. The summed E-state index contributed by atoms with van der Waals surface area (Å²) in [6, 6.07) is 35.1. The Morgan fingerprint density at radius 1 is 0.743 bits per heavy atom. The zero-order valence-corrected chi connectivity index (χ0v) is 21.5. The van der Waals surface area contributed by atoms with Crippen LogP contribution < -0.4 is 0 Å². The van der Waals surface area contributed by atoms with Crippen LogP contribution in [0.3, 0.4) is 0 Å². The maximum Gasteiger partial charge on any atom is 0.0314 e. The standard InChI is InChI=1S/C19H16N.C13H12N.Ir/c1-2-15-13-19(17-11-7-4-8-12-17)20-14-18(15)16-9-5-3-6-10-16;1-2-11-8-9-13(14-10-11)12-6-4-3-5-7-12;/h3-11,13-14H,2H2,1H3;3-6,8-10H,2H2,1H3;/q2*-1;/i1D3,2D2;2D2;. The SMILES string of the molecule is [2H]C([2H])(C)c1ccc(-c2[c-]cccc2)nc1.[2H]C([2H])([2H])C([2H])([2H])c1cc(-c2[c-]cccc2)ncc1-c1ccccc1.[Ir]. The number of nitrogens with zero attached hydrogens (tertiary/aromatic N) is 2. The van der Waals surface area contributed by atoms with E-state index in [-0.39, 0.29) is 25.7 Å². The van der Waals surface area contributed by atoms with Gasteiger partial charge in [-0.05, 0) is 40.8 Å². The fraction of sp³-hybridized carbons (Fsp3) is 0.125. The average Bonchev–Trinajstić information content (AvgIpc) is 2.97. The van der Waals surface area contributed by atoms with Crippen molar-refractivity contribution in [1.82, 2.24) is 9.97 Å². The predicted octanol–water partition coefficient (Wildman–Crippen LogP) is 7.89. The van der Waals surface area contributed by atoms with Crippen molar-refractivity contribution in [3.8, 4) is 33.6 Å². The molecule has 3 heteroatoms. The van der Waals surface area contributed by atoms with Crippen LogP contribution in [0.5, 0.6) is 0 Å². The molecule has 35 heavy (non-hydrogen) atoms. The minimum absolute atomic E-state index is 0. The summed E-state index contributed by atoms with van der Waals surface area (Å²) in [5.41, 5.74) is 4.80. The Kier molecular flexibility index (Phi) is 6.92. The molecule has 5 aromatic rings. The van der Waals surface area contributed by atoms with Crippen LogP contribution in [0.15, 0.2) is 109 Å². The van der Waals surface area contributed by atoms with Gasteiger partial charge < -0.3 is 9.97 Å². The summed E-state index contributed by atoms with van der Waals surface area (Å²) in [5.74, 6) is 0. The quantitative estimate of drug-likeness (QED) is 0.183. The predicted molar refractivity (Wildman–Crippen MR) is 141 cm³/mol. The Morgan fingerprint density at radius 3 is 1.97 bits per heavy atom. The maximum atomic E-state index is 8.23. The normalized spacial score (nSPS) is 14.1. The first-order chi connectivity index (χ1) is 19.4. The smallest absolute Gasteiger partial charge is 0.0314 e. The molecule has 0 aliphatic rings. The Labute approximate surface area is 232 Å². The van der Waals surface area contributed by atoms with Gasteiger partial charge in [0.05, 0.1) is 0 Å². The van der Waals surface area contributed by atoms with Gasteiger partial charge in [-0.15, -0.1) is 71.8 Å². The molecule has 5 rings (SSSR count). The first kappa shape index (κ1) is 18.0. The van der Waals surface area contributed by atoms with Gasteiger partial charge in [0.25, 0.3) is 0 Å². The van der Waals surface area contributed by atoms with Gasteiger partial charge in [-0.25, -0.2) is 0 Å². The number of hydrogen-bond acceptors (Lipinski definition) is 2. The Hall–Kier alpha value is -3.39. The van der Waals surface area contributed by atoms with Gasteiger partial charge in [0.2, 0.25) is 0 Å². The van der Waals surface area contributed by atoms with Crippen molar-refractivity contribution >= 4 is 0 Å². The molecule has 0 spiro atoms. The zero-order chi connectivity index (χ0) is 29.7. The molecular weight excluding hydrogens is 605 g/mol. The minimum atomic E-state index is -2.80. The fourth-order valence-corrected chi connectivity index (χ4v) is 3.36. The molecule has 0 unspecified atom stereocenters. The molecule has 3 aromatic carbocycles. The molecule has 2 aromatic heterocycles. The molecule has 0 N–H and O–H groups in total. The van der Waals surface area contributed by atoms with Crippen molar-refractivity contribution in [2.24, 2.45) is 0 Å². The van der Waals surface area contributed by atoms with E-state index in [4.69, 9.17) is 9.60 Å². The van der Waals surface area contributed by atoms with E-state index in [1.54, 1.807) is 24.4 Å². The second-order valence-corrected chi connectivity index (χ2v) is 7.34. The van der Waals surface area contributed by atoms with Crippen molar-refractivity contribution < 1.29 is 29.7 Å². The number of benzene rings is 3. The third-order valence-electron chi connectivity index (χ3n) is 5.15. The molecule has 2 heterocycles. The summed E-state index contributed by atoms with van der Waals surface area (Å²) in [6.07, 6.45) is -0.739. The molecule has 1 radical (unpaired) electrons. The van der Waals surface area contributed by atoms with Crippen molar-refractivity contribution in [3.05, 3.63) is 133 Å². The van der Waals surface area contributed by atoms with E-state index >= 15 is 0 Å². The summed E-state index contributed by atoms with van der Waals surface area (Å²) >= 11 is 0. The van der Waals surface area contributed by atoms with Crippen molar-refractivity contribution in [1.29, 1.82) is 0 Å².